The molecular weight excluding hydrogens is 406 g/mol. The fraction of sp³-hybridized carbons (Fsp3) is 0.381. The molecule has 0 unspecified atom stereocenters. The number of amides is 1. The Labute approximate surface area is 176 Å². The highest BCUT2D eigenvalue weighted by Gasteiger charge is 2.29. The third-order valence-electron chi connectivity index (χ3n) is 5.14. The van der Waals surface area contributed by atoms with Crippen LogP contribution >= 0.6 is 0 Å². The number of carbonyl (C=O) groups excluding carboxylic acids is 1. The molecule has 0 radical (unpaired) electrons. The summed E-state index contributed by atoms with van der Waals surface area (Å²) in [6, 6.07) is 12.3. The van der Waals surface area contributed by atoms with Crippen LogP contribution in [0.4, 0.5) is 5.69 Å². The summed E-state index contributed by atoms with van der Waals surface area (Å²) in [6.45, 7) is 5.34. The third kappa shape index (κ3) is 4.58. The fourth-order valence-corrected chi connectivity index (χ4v) is 5.13. The van der Waals surface area contributed by atoms with Crippen LogP contribution in [0.1, 0.15) is 12.5 Å². The molecule has 1 fully saturated rings. The highest BCUT2D eigenvalue weighted by molar-refractivity contribution is 7.89. The van der Waals surface area contributed by atoms with Crippen LogP contribution in [-0.4, -0.2) is 62.9 Å². The summed E-state index contributed by atoms with van der Waals surface area (Å²) in [4.78, 5) is 13.7. The lowest BCUT2D eigenvalue weighted by molar-refractivity contribution is -0.114. The van der Waals surface area contributed by atoms with Gasteiger partial charge in [0.05, 0.1) is 4.90 Å². The molecule has 30 heavy (non-hydrogen) atoms. The number of piperazine rings is 1. The topological polar surface area (TPSA) is 88.2 Å². The number of benzene rings is 2. The monoisotopic (exact) mass is 431 g/mol. The van der Waals surface area contributed by atoms with Crippen molar-refractivity contribution in [3.63, 3.8) is 0 Å². The molecule has 0 spiro atoms. The summed E-state index contributed by atoms with van der Waals surface area (Å²) in [5.74, 6) is 1.29. The van der Waals surface area contributed by atoms with Crippen molar-refractivity contribution < 1.29 is 22.7 Å². The molecular formula is C21H25N3O5S. The van der Waals surface area contributed by atoms with Crippen LogP contribution in [0.25, 0.3) is 0 Å². The zero-order chi connectivity index (χ0) is 21.1. The Morgan fingerprint density at radius 3 is 2.47 bits per heavy atom. The summed E-state index contributed by atoms with van der Waals surface area (Å²) < 4.78 is 38.7. The van der Waals surface area contributed by atoms with Crippen LogP contribution in [0.15, 0.2) is 47.4 Å². The molecule has 4 rings (SSSR count). The van der Waals surface area contributed by atoms with E-state index < -0.39 is 10.0 Å². The Morgan fingerprint density at radius 2 is 1.73 bits per heavy atom. The smallest absolute Gasteiger partial charge is 0.243 e. The van der Waals surface area contributed by atoms with Crippen molar-refractivity contribution in [2.75, 3.05) is 44.7 Å². The lowest BCUT2D eigenvalue weighted by Gasteiger charge is -2.34. The number of nitrogens with one attached hydrogen (secondary N) is 1. The lowest BCUT2D eigenvalue weighted by Crippen LogP contribution is -2.48. The van der Waals surface area contributed by atoms with Crippen molar-refractivity contribution in [2.45, 2.75) is 18.4 Å². The van der Waals surface area contributed by atoms with Crippen molar-refractivity contribution in [1.29, 1.82) is 0 Å². The van der Waals surface area contributed by atoms with Gasteiger partial charge in [-0.3, -0.25) is 9.69 Å². The van der Waals surface area contributed by atoms with Gasteiger partial charge in [0, 0.05) is 45.3 Å². The van der Waals surface area contributed by atoms with Gasteiger partial charge in [-0.2, -0.15) is 4.31 Å². The van der Waals surface area contributed by atoms with Gasteiger partial charge in [-0.1, -0.05) is 12.1 Å². The second-order valence-corrected chi connectivity index (χ2v) is 9.31. The van der Waals surface area contributed by atoms with Crippen LogP contribution in [0.5, 0.6) is 11.5 Å². The molecule has 1 N–H and O–H groups in total. The minimum atomic E-state index is -3.61. The van der Waals surface area contributed by atoms with Crippen LogP contribution in [0.3, 0.4) is 0 Å². The number of carbonyl (C=O) groups is 1. The van der Waals surface area contributed by atoms with Crippen LogP contribution in [0, 0.1) is 0 Å². The number of anilines is 1. The molecule has 8 nitrogen and oxygen atoms in total. The molecule has 9 heteroatoms. The summed E-state index contributed by atoms with van der Waals surface area (Å²) in [6.07, 6.45) is 0. The van der Waals surface area contributed by atoms with Gasteiger partial charge in [0.15, 0.2) is 11.5 Å². The van der Waals surface area contributed by atoms with E-state index in [1.54, 1.807) is 18.2 Å². The van der Waals surface area contributed by atoms with E-state index in [9.17, 15) is 13.2 Å². The van der Waals surface area contributed by atoms with Gasteiger partial charge in [0.2, 0.25) is 15.9 Å². The predicted molar refractivity (Wildman–Crippen MR) is 112 cm³/mol. The van der Waals surface area contributed by atoms with Gasteiger partial charge >= 0.3 is 0 Å². The number of hydrogen-bond acceptors (Lipinski definition) is 6. The zero-order valence-corrected chi connectivity index (χ0v) is 17.7. The van der Waals surface area contributed by atoms with E-state index in [2.05, 4.69) is 10.2 Å². The Hall–Kier alpha value is -2.62. The second kappa shape index (κ2) is 8.63. The van der Waals surface area contributed by atoms with E-state index in [0.717, 1.165) is 23.6 Å². The van der Waals surface area contributed by atoms with Crippen molar-refractivity contribution in [3.8, 4) is 11.5 Å². The molecule has 2 aromatic carbocycles. The lowest BCUT2D eigenvalue weighted by atomic mass is 10.1. The minimum Gasteiger partial charge on any atom is -0.486 e. The molecule has 0 aliphatic carbocycles. The van der Waals surface area contributed by atoms with E-state index in [-0.39, 0.29) is 10.8 Å². The maximum atomic E-state index is 13.0. The van der Waals surface area contributed by atoms with Gasteiger partial charge < -0.3 is 14.8 Å². The zero-order valence-electron chi connectivity index (χ0n) is 16.8. The summed E-state index contributed by atoms with van der Waals surface area (Å²) >= 11 is 0. The Balaban J connectivity index is 1.38. The van der Waals surface area contributed by atoms with Crippen LogP contribution < -0.4 is 14.8 Å². The van der Waals surface area contributed by atoms with Gasteiger partial charge in [-0.05, 0) is 35.9 Å². The Bertz CT molecular complexity index is 1030. The number of sulfonamides is 1. The molecule has 2 aliphatic rings. The van der Waals surface area contributed by atoms with Crippen molar-refractivity contribution in [1.82, 2.24) is 9.21 Å². The molecule has 0 bridgehead atoms. The Morgan fingerprint density at radius 1 is 1.00 bits per heavy atom. The number of ether oxygens (including phenoxy) is 2. The van der Waals surface area contributed by atoms with Crippen LogP contribution in [-0.2, 0) is 21.4 Å². The van der Waals surface area contributed by atoms with E-state index in [1.807, 2.05) is 18.2 Å². The molecule has 1 amide bonds. The van der Waals surface area contributed by atoms with Crippen molar-refractivity contribution >= 4 is 21.6 Å². The second-order valence-electron chi connectivity index (χ2n) is 7.37. The van der Waals surface area contributed by atoms with E-state index in [1.165, 1.54) is 17.3 Å². The molecule has 0 atom stereocenters. The number of nitrogens with zero attached hydrogens (tertiary/aromatic N) is 2. The minimum absolute atomic E-state index is 0.189. The molecule has 0 saturated carbocycles. The molecule has 2 heterocycles. The highest BCUT2D eigenvalue weighted by Crippen LogP contribution is 2.31. The average molecular weight is 432 g/mol. The van der Waals surface area contributed by atoms with E-state index in [4.69, 9.17) is 9.47 Å². The molecule has 0 aromatic heterocycles. The summed E-state index contributed by atoms with van der Waals surface area (Å²) in [7, 11) is -3.61. The van der Waals surface area contributed by atoms with Gasteiger partial charge in [0.1, 0.15) is 13.2 Å². The first-order valence-electron chi connectivity index (χ1n) is 9.90. The normalized spacial score (nSPS) is 17.5. The van der Waals surface area contributed by atoms with Gasteiger partial charge in [-0.15, -0.1) is 0 Å². The average Bonchev–Trinajstić information content (AvgIpc) is 2.74. The maximum absolute atomic E-state index is 13.0. The quantitative estimate of drug-likeness (QED) is 0.778. The third-order valence-corrected chi connectivity index (χ3v) is 7.03. The first-order chi connectivity index (χ1) is 14.4. The SMILES string of the molecule is CC(=O)Nc1cccc(S(=O)(=O)N2CCN(Cc3ccc4c(c3)OCCO4)CC2)c1. The molecule has 1 saturated heterocycles. The van der Waals surface area contributed by atoms with E-state index in [0.29, 0.717) is 45.1 Å². The molecule has 160 valence electrons. The molecule has 2 aliphatic heterocycles. The van der Waals surface area contributed by atoms with Gasteiger partial charge in [0.25, 0.3) is 0 Å². The van der Waals surface area contributed by atoms with Crippen molar-refractivity contribution in [3.05, 3.63) is 48.0 Å². The first-order valence-corrected chi connectivity index (χ1v) is 11.3. The standard InChI is InChI=1S/C21H25N3O5S/c1-16(25)22-18-3-2-4-19(14-18)30(26,27)24-9-7-23(8-10-24)15-17-5-6-20-21(13-17)29-12-11-28-20/h2-6,13-14H,7-12,15H2,1H3,(H,22,25). The maximum Gasteiger partial charge on any atom is 0.243 e. The number of hydrogen-bond donors (Lipinski definition) is 1. The van der Waals surface area contributed by atoms with Crippen LogP contribution in [0.2, 0.25) is 0 Å². The predicted octanol–water partition coefficient (Wildman–Crippen LogP) is 1.92. The Kier molecular flexibility index (Phi) is 5.94. The first kappa shape index (κ1) is 20.6. The van der Waals surface area contributed by atoms with Gasteiger partial charge in [-0.25, -0.2) is 8.42 Å². The molecule has 2 aromatic rings. The highest BCUT2D eigenvalue weighted by atomic mass is 32.2. The largest absolute Gasteiger partial charge is 0.486 e. The number of fused-ring (bicyclic) bond motifs is 1. The summed E-state index contributed by atoms with van der Waals surface area (Å²) in [5, 5.41) is 2.63. The fourth-order valence-electron chi connectivity index (χ4n) is 3.66. The summed E-state index contributed by atoms with van der Waals surface area (Å²) in [5.41, 5.74) is 1.58. The number of rotatable bonds is 5. The van der Waals surface area contributed by atoms with E-state index >= 15 is 0 Å². The van der Waals surface area contributed by atoms with Crippen molar-refractivity contribution in [2.24, 2.45) is 0 Å².